The first-order valence-electron chi connectivity index (χ1n) is 12.3. The first-order chi connectivity index (χ1) is 18.0. The smallest absolute Gasteiger partial charge is 0.251 e. The van der Waals surface area contributed by atoms with Crippen LogP contribution in [0, 0.1) is 0 Å². The molecule has 1 aromatic heterocycles. The minimum absolute atomic E-state index is 0.104. The molecule has 0 fully saturated rings. The van der Waals surface area contributed by atoms with E-state index >= 15 is 0 Å². The molecule has 5 rings (SSSR count). The molecule has 0 aliphatic heterocycles. The second-order valence-corrected chi connectivity index (χ2v) is 11.7. The van der Waals surface area contributed by atoms with Crippen LogP contribution in [0.25, 0.3) is 32.6 Å². The van der Waals surface area contributed by atoms with Crippen molar-refractivity contribution in [3.63, 3.8) is 0 Å². The van der Waals surface area contributed by atoms with Gasteiger partial charge >= 0.3 is 0 Å². The second-order valence-electron chi connectivity index (χ2n) is 8.74. The summed E-state index contributed by atoms with van der Waals surface area (Å²) in [5.74, 6) is 1.20. The van der Waals surface area contributed by atoms with E-state index in [1.807, 2.05) is 60.7 Å². The van der Waals surface area contributed by atoms with Gasteiger partial charge in [-0.2, -0.15) is 11.8 Å². The van der Waals surface area contributed by atoms with E-state index in [-0.39, 0.29) is 5.91 Å². The van der Waals surface area contributed by atoms with E-state index < -0.39 is 10.0 Å². The standard InChI is InChI=1S/C29H29N3O3S2/c1-2-32-26-12-6-5-11-24(26)25-20-22(14-15-27(25)32)29(33)30-16-18-36-19-17-31-37(34,35)28-13-7-9-21-8-3-4-10-23(21)28/h3-15,20,31H,2,16-19H2,1H3,(H,30,33). The minimum atomic E-state index is -3.60. The maximum Gasteiger partial charge on any atom is 0.251 e. The molecular formula is C29H29N3O3S2. The molecule has 1 heterocycles. The zero-order chi connectivity index (χ0) is 25.8. The summed E-state index contributed by atoms with van der Waals surface area (Å²) in [6, 6.07) is 26.9. The first-order valence-corrected chi connectivity index (χ1v) is 15.0. The van der Waals surface area contributed by atoms with E-state index in [0.29, 0.717) is 40.4 Å². The summed E-state index contributed by atoms with van der Waals surface area (Å²) >= 11 is 1.60. The number of carbonyl (C=O) groups excluding carboxylic acids is 1. The summed E-state index contributed by atoms with van der Waals surface area (Å²) in [5.41, 5.74) is 2.94. The van der Waals surface area contributed by atoms with Crippen LogP contribution in [-0.4, -0.2) is 43.5 Å². The number of amides is 1. The Kier molecular flexibility index (Phi) is 7.50. The molecule has 0 radical (unpaired) electrons. The van der Waals surface area contributed by atoms with Crippen LogP contribution in [0.2, 0.25) is 0 Å². The normalized spacial score (nSPS) is 11.9. The van der Waals surface area contributed by atoms with Gasteiger partial charge in [-0.1, -0.05) is 54.6 Å². The Bertz CT molecular complexity index is 1690. The molecule has 0 aliphatic rings. The summed E-state index contributed by atoms with van der Waals surface area (Å²) < 4.78 is 30.6. The summed E-state index contributed by atoms with van der Waals surface area (Å²) in [7, 11) is -3.60. The van der Waals surface area contributed by atoms with Gasteiger partial charge in [0.15, 0.2) is 0 Å². The number of sulfonamides is 1. The second kappa shape index (κ2) is 11.0. The molecule has 190 valence electrons. The van der Waals surface area contributed by atoms with Crippen LogP contribution < -0.4 is 10.0 Å². The fourth-order valence-corrected chi connectivity index (χ4v) is 6.82. The first kappa shape index (κ1) is 25.3. The van der Waals surface area contributed by atoms with Crippen molar-refractivity contribution in [2.24, 2.45) is 0 Å². The van der Waals surface area contributed by atoms with Crippen molar-refractivity contribution in [3.05, 3.63) is 90.5 Å². The van der Waals surface area contributed by atoms with E-state index in [2.05, 4.69) is 33.7 Å². The summed E-state index contributed by atoms with van der Waals surface area (Å²) in [5, 5.41) is 6.82. The van der Waals surface area contributed by atoms with Crippen LogP contribution >= 0.6 is 11.8 Å². The highest BCUT2D eigenvalue weighted by Crippen LogP contribution is 2.29. The van der Waals surface area contributed by atoms with Crippen LogP contribution in [0.4, 0.5) is 0 Å². The lowest BCUT2D eigenvalue weighted by Crippen LogP contribution is -2.27. The van der Waals surface area contributed by atoms with Gasteiger partial charge in [0.1, 0.15) is 0 Å². The Balaban J connectivity index is 1.12. The highest BCUT2D eigenvalue weighted by molar-refractivity contribution is 7.99. The number of para-hydroxylation sites is 1. The third-order valence-corrected chi connectivity index (χ3v) is 8.97. The number of fused-ring (bicyclic) bond motifs is 4. The van der Waals surface area contributed by atoms with Gasteiger partial charge in [-0.25, -0.2) is 13.1 Å². The number of carbonyl (C=O) groups is 1. The monoisotopic (exact) mass is 531 g/mol. The predicted molar refractivity (Wildman–Crippen MR) is 154 cm³/mol. The Morgan fingerprint density at radius 2 is 1.51 bits per heavy atom. The van der Waals surface area contributed by atoms with Crippen LogP contribution in [0.3, 0.4) is 0 Å². The number of nitrogens with zero attached hydrogens (tertiary/aromatic N) is 1. The van der Waals surface area contributed by atoms with Crippen molar-refractivity contribution in [2.75, 3.05) is 24.6 Å². The van der Waals surface area contributed by atoms with Crippen LogP contribution in [0.1, 0.15) is 17.3 Å². The number of aromatic nitrogens is 1. The number of benzene rings is 4. The molecule has 5 aromatic rings. The maximum atomic E-state index is 12.8. The Morgan fingerprint density at radius 3 is 2.35 bits per heavy atom. The van der Waals surface area contributed by atoms with Gasteiger partial charge in [0.2, 0.25) is 10.0 Å². The summed E-state index contributed by atoms with van der Waals surface area (Å²) in [4.78, 5) is 13.1. The molecule has 0 atom stereocenters. The number of rotatable bonds is 10. The van der Waals surface area contributed by atoms with Crippen LogP contribution in [-0.2, 0) is 16.6 Å². The number of aryl methyl sites for hydroxylation is 1. The Hall–Kier alpha value is -3.33. The number of hydrogen-bond acceptors (Lipinski definition) is 4. The van der Waals surface area contributed by atoms with Gasteiger partial charge in [-0.05, 0) is 42.6 Å². The van der Waals surface area contributed by atoms with Gasteiger partial charge in [0.25, 0.3) is 5.91 Å². The van der Waals surface area contributed by atoms with Crippen molar-refractivity contribution >= 4 is 60.3 Å². The van der Waals surface area contributed by atoms with Gasteiger partial charge in [0, 0.05) is 63.9 Å². The molecular weight excluding hydrogens is 502 g/mol. The quantitative estimate of drug-likeness (QED) is 0.236. The molecule has 8 heteroatoms. The van der Waals surface area contributed by atoms with Crippen molar-refractivity contribution in [3.8, 4) is 0 Å². The van der Waals surface area contributed by atoms with Gasteiger partial charge < -0.3 is 9.88 Å². The molecule has 0 saturated heterocycles. The Morgan fingerprint density at radius 1 is 0.811 bits per heavy atom. The van der Waals surface area contributed by atoms with Gasteiger partial charge in [-0.15, -0.1) is 0 Å². The third kappa shape index (κ3) is 5.23. The molecule has 0 spiro atoms. The molecule has 1 amide bonds. The van der Waals surface area contributed by atoms with E-state index in [0.717, 1.165) is 28.2 Å². The molecule has 2 N–H and O–H groups in total. The molecule has 0 unspecified atom stereocenters. The van der Waals surface area contributed by atoms with Crippen molar-refractivity contribution < 1.29 is 13.2 Å². The number of nitrogens with one attached hydrogen (secondary N) is 2. The van der Waals surface area contributed by atoms with E-state index in [1.54, 1.807) is 23.9 Å². The summed E-state index contributed by atoms with van der Waals surface area (Å²) in [6.07, 6.45) is 0. The molecule has 0 saturated carbocycles. The van der Waals surface area contributed by atoms with Crippen molar-refractivity contribution in [1.82, 2.24) is 14.6 Å². The van der Waals surface area contributed by atoms with Crippen LogP contribution in [0.5, 0.6) is 0 Å². The largest absolute Gasteiger partial charge is 0.351 e. The van der Waals surface area contributed by atoms with Crippen molar-refractivity contribution in [2.45, 2.75) is 18.4 Å². The molecule has 4 aromatic carbocycles. The highest BCUT2D eigenvalue weighted by Gasteiger charge is 2.16. The lowest BCUT2D eigenvalue weighted by atomic mass is 10.1. The fourth-order valence-electron chi connectivity index (χ4n) is 4.73. The Labute approximate surface area is 221 Å². The molecule has 37 heavy (non-hydrogen) atoms. The van der Waals surface area contributed by atoms with Crippen molar-refractivity contribution in [1.29, 1.82) is 0 Å². The lowest BCUT2D eigenvalue weighted by Gasteiger charge is -2.10. The van der Waals surface area contributed by atoms with E-state index in [4.69, 9.17) is 0 Å². The van der Waals surface area contributed by atoms with Gasteiger partial charge in [-0.3, -0.25) is 4.79 Å². The number of thioether (sulfide) groups is 1. The lowest BCUT2D eigenvalue weighted by molar-refractivity contribution is 0.0956. The average Bonchev–Trinajstić information content (AvgIpc) is 3.25. The average molecular weight is 532 g/mol. The van der Waals surface area contributed by atoms with E-state index in [1.165, 1.54) is 5.52 Å². The topological polar surface area (TPSA) is 80.2 Å². The predicted octanol–water partition coefficient (Wildman–Crippen LogP) is 5.41. The molecule has 0 aliphatic carbocycles. The minimum Gasteiger partial charge on any atom is -0.351 e. The highest BCUT2D eigenvalue weighted by atomic mass is 32.2. The fraction of sp³-hybridized carbons (Fsp3) is 0.207. The number of hydrogen-bond donors (Lipinski definition) is 2. The summed E-state index contributed by atoms with van der Waals surface area (Å²) in [6.45, 7) is 3.82. The zero-order valence-corrected chi connectivity index (χ0v) is 22.2. The SMILES string of the molecule is CCn1c2ccccc2c2cc(C(=O)NCCSCCNS(=O)(=O)c3cccc4ccccc34)ccc21. The van der Waals surface area contributed by atoms with E-state index in [9.17, 15) is 13.2 Å². The van der Waals surface area contributed by atoms with Gasteiger partial charge in [0.05, 0.1) is 4.90 Å². The molecule has 0 bridgehead atoms. The van der Waals surface area contributed by atoms with Crippen LogP contribution in [0.15, 0.2) is 89.8 Å². The zero-order valence-electron chi connectivity index (χ0n) is 20.6. The third-order valence-electron chi connectivity index (χ3n) is 6.46. The maximum absolute atomic E-state index is 12.8. The molecule has 6 nitrogen and oxygen atoms in total.